The molecule has 0 aromatic carbocycles. The summed E-state index contributed by atoms with van der Waals surface area (Å²) in [5, 5.41) is 2.76. The monoisotopic (exact) mass is 300 g/mol. The Morgan fingerprint density at radius 1 is 1.24 bits per heavy atom. The second-order valence-electron chi connectivity index (χ2n) is 5.13. The SMILES string of the molecule is COC(=O)CCCNC(=O)CN1CCC[C@H](C(=O)OC)C1. The van der Waals surface area contributed by atoms with Crippen molar-refractivity contribution in [1.82, 2.24) is 10.2 Å². The lowest BCUT2D eigenvalue weighted by molar-refractivity contribution is -0.147. The Morgan fingerprint density at radius 3 is 2.67 bits per heavy atom. The van der Waals surface area contributed by atoms with Crippen LogP contribution < -0.4 is 5.32 Å². The van der Waals surface area contributed by atoms with Crippen LogP contribution in [0.2, 0.25) is 0 Å². The Labute approximate surface area is 124 Å². The molecule has 1 atom stereocenters. The number of ether oxygens (including phenoxy) is 2. The van der Waals surface area contributed by atoms with E-state index in [4.69, 9.17) is 4.74 Å². The van der Waals surface area contributed by atoms with Crippen LogP contribution in [0.1, 0.15) is 25.7 Å². The molecule has 0 radical (unpaired) electrons. The Bertz CT molecular complexity index is 372. The second kappa shape index (κ2) is 9.33. The van der Waals surface area contributed by atoms with Crippen molar-refractivity contribution < 1.29 is 23.9 Å². The van der Waals surface area contributed by atoms with Crippen LogP contribution in [0, 0.1) is 5.92 Å². The molecule has 1 rings (SSSR count). The Balaban J connectivity index is 2.21. The van der Waals surface area contributed by atoms with Crippen LogP contribution in [0.3, 0.4) is 0 Å². The van der Waals surface area contributed by atoms with Crippen LogP contribution in [0.15, 0.2) is 0 Å². The van der Waals surface area contributed by atoms with Gasteiger partial charge in [0.25, 0.3) is 0 Å². The third-order valence-corrected chi connectivity index (χ3v) is 3.51. The van der Waals surface area contributed by atoms with Gasteiger partial charge in [0.2, 0.25) is 5.91 Å². The highest BCUT2D eigenvalue weighted by molar-refractivity contribution is 5.78. The lowest BCUT2D eigenvalue weighted by atomic mass is 9.98. The van der Waals surface area contributed by atoms with Gasteiger partial charge in [-0.25, -0.2) is 0 Å². The zero-order chi connectivity index (χ0) is 15.7. The van der Waals surface area contributed by atoms with Gasteiger partial charge in [0, 0.05) is 19.5 Å². The van der Waals surface area contributed by atoms with E-state index in [0.29, 0.717) is 25.9 Å². The van der Waals surface area contributed by atoms with E-state index in [1.54, 1.807) is 0 Å². The molecule has 1 amide bonds. The van der Waals surface area contributed by atoms with E-state index in [2.05, 4.69) is 10.1 Å². The summed E-state index contributed by atoms with van der Waals surface area (Å²) in [6.07, 6.45) is 2.55. The normalized spacial score (nSPS) is 18.9. The van der Waals surface area contributed by atoms with Crippen molar-refractivity contribution in [3.05, 3.63) is 0 Å². The molecule has 0 unspecified atom stereocenters. The first-order chi connectivity index (χ1) is 10.1. The summed E-state index contributed by atoms with van der Waals surface area (Å²) in [4.78, 5) is 36.2. The van der Waals surface area contributed by atoms with Crippen molar-refractivity contribution >= 4 is 17.8 Å². The number of piperidine rings is 1. The summed E-state index contributed by atoms with van der Waals surface area (Å²) in [5.41, 5.74) is 0. The van der Waals surface area contributed by atoms with Gasteiger partial charge < -0.3 is 14.8 Å². The molecule has 120 valence electrons. The second-order valence-corrected chi connectivity index (χ2v) is 5.13. The van der Waals surface area contributed by atoms with Gasteiger partial charge in [0.1, 0.15) is 0 Å². The van der Waals surface area contributed by atoms with Crippen LogP contribution in [-0.2, 0) is 23.9 Å². The predicted molar refractivity (Wildman–Crippen MR) is 75.4 cm³/mol. The topological polar surface area (TPSA) is 84.9 Å². The molecule has 1 N–H and O–H groups in total. The molecule has 21 heavy (non-hydrogen) atoms. The Morgan fingerprint density at radius 2 is 2.00 bits per heavy atom. The smallest absolute Gasteiger partial charge is 0.309 e. The third kappa shape index (κ3) is 6.57. The average molecular weight is 300 g/mol. The van der Waals surface area contributed by atoms with Crippen molar-refractivity contribution in [2.24, 2.45) is 5.92 Å². The number of nitrogens with zero attached hydrogens (tertiary/aromatic N) is 1. The molecule has 1 aliphatic rings. The first-order valence-corrected chi connectivity index (χ1v) is 7.20. The highest BCUT2D eigenvalue weighted by Crippen LogP contribution is 2.17. The molecular formula is C14H24N2O5. The molecule has 1 aliphatic heterocycles. The van der Waals surface area contributed by atoms with E-state index < -0.39 is 0 Å². The fourth-order valence-corrected chi connectivity index (χ4v) is 2.38. The molecule has 7 nitrogen and oxygen atoms in total. The lowest BCUT2D eigenvalue weighted by Crippen LogP contribution is -2.44. The maximum Gasteiger partial charge on any atom is 0.309 e. The molecule has 0 spiro atoms. The van der Waals surface area contributed by atoms with Gasteiger partial charge in [0.15, 0.2) is 0 Å². The summed E-state index contributed by atoms with van der Waals surface area (Å²) in [6.45, 7) is 2.08. The molecule has 0 aromatic rings. The zero-order valence-electron chi connectivity index (χ0n) is 12.7. The molecular weight excluding hydrogens is 276 g/mol. The number of likely N-dealkylation sites (tertiary alicyclic amines) is 1. The van der Waals surface area contributed by atoms with Crippen molar-refractivity contribution in [3.63, 3.8) is 0 Å². The third-order valence-electron chi connectivity index (χ3n) is 3.51. The molecule has 1 fully saturated rings. The van der Waals surface area contributed by atoms with E-state index >= 15 is 0 Å². The van der Waals surface area contributed by atoms with Gasteiger partial charge in [-0.1, -0.05) is 0 Å². The first kappa shape index (κ1) is 17.4. The molecule has 7 heteroatoms. The number of hydrogen-bond acceptors (Lipinski definition) is 6. The van der Waals surface area contributed by atoms with Gasteiger partial charge in [-0.3, -0.25) is 19.3 Å². The van der Waals surface area contributed by atoms with E-state index in [-0.39, 0.29) is 30.3 Å². The zero-order valence-corrected chi connectivity index (χ0v) is 12.7. The minimum absolute atomic E-state index is 0.0922. The van der Waals surface area contributed by atoms with Gasteiger partial charge in [-0.05, 0) is 25.8 Å². The number of methoxy groups -OCH3 is 2. The molecule has 0 aromatic heterocycles. The maximum atomic E-state index is 11.8. The lowest BCUT2D eigenvalue weighted by Gasteiger charge is -2.30. The molecule has 0 bridgehead atoms. The van der Waals surface area contributed by atoms with Gasteiger partial charge in [0.05, 0.1) is 26.7 Å². The van der Waals surface area contributed by atoms with Crippen molar-refractivity contribution in [2.75, 3.05) is 40.4 Å². The van der Waals surface area contributed by atoms with Gasteiger partial charge in [-0.15, -0.1) is 0 Å². The number of carbonyl (C=O) groups is 3. The summed E-state index contributed by atoms with van der Waals surface area (Å²) >= 11 is 0. The van der Waals surface area contributed by atoms with Crippen molar-refractivity contribution in [2.45, 2.75) is 25.7 Å². The molecule has 1 heterocycles. The largest absolute Gasteiger partial charge is 0.469 e. The summed E-state index contributed by atoms with van der Waals surface area (Å²) in [6, 6.07) is 0. The maximum absolute atomic E-state index is 11.8. The standard InChI is InChI=1S/C14H24N2O5/c1-20-13(18)6-3-7-15-12(17)10-16-8-4-5-11(9-16)14(19)21-2/h11H,3-10H2,1-2H3,(H,15,17)/t11-/m0/s1. The van der Waals surface area contributed by atoms with E-state index in [9.17, 15) is 14.4 Å². The highest BCUT2D eigenvalue weighted by Gasteiger charge is 2.27. The van der Waals surface area contributed by atoms with Crippen LogP contribution >= 0.6 is 0 Å². The average Bonchev–Trinajstić information content (AvgIpc) is 2.50. The number of esters is 2. The number of carbonyl (C=O) groups excluding carboxylic acids is 3. The summed E-state index contributed by atoms with van der Waals surface area (Å²) in [5.74, 6) is -0.722. The fourth-order valence-electron chi connectivity index (χ4n) is 2.38. The predicted octanol–water partition coefficient (Wildman–Crippen LogP) is -0.0592. The van der Waals surface area contributed by atoms with E-state index in [1.807, 2.05) is 4.90 Å². The molecule has 1 saturated heterocycles. The Hall–Kier alpha value is -1.63. The van der Waals surface area contributed by atoms with Crippen LogP contribution in [0.5, 0.6) is 0 Å². The number of hydrogen-bond donors (Lipinski definition) is 1. The fraction of sp³-hybridized carbons (Fsp3) is 0.786. The minimum atomic E-state index is -0.277. The number of amides is 1. The van der Waals surface area contributed by atoms with Gasteiger partial charge in [-0.2, -0.15) is 0 Å². The van der Waals surface area contributed by atoms with Crippen molar-refractivity contribution in [1.29, 1.82) is 0 Å². The minimum Gasteiger partial charge on any atom is -0.469 e. The van der Waals surface area contributed by atoms with E-state index in [1.165, 1.54) is 14.2 Å². The van der Waals surface area contributed by atoms with Crippen LogP contribution in [0.4, 0.5) is 0 Å². The Kier molecular flexibility index (Phi) is 7.74. The molecule has 0 saturated carbocycles. The summed E-state index contributed by atoms with van der Waals surface area (Å²) < 4.78 is 9.27. The van der Waals surface area contributed by atoms with Crippen LogP contribution in [-0.4, -0.2) is 63.1 Å². The number of rotatable bonds is 7. The van der Waals surface area contributed by atoms with Crippen molar-refractivity contribution in [3.8, 4) is 0 Å². The molecule has 0 aliphatic carbocycles. The highest BCUT2D eigenvalue weighted by atomic mass is 16.5. The quantitative estimate of drug-likeness (QED) is 0.524. The first-order valence-electron chi connectivity index (χ1n) is 7.20. The van der Waals surface area contributed by atoms with E-state index in [0.717, 1.165) is 19.4 Å². The summed E-state index contributed by atoms with van der Waals surface area (Å²) in [7, 11) is 2.73. The van der Waals surface area contributed by atoms with Crippen LogP contribution in [0.25, 0.3) is 0 Å². The van der Waals surface area contributed by atoms with Gasteiger partial charge >= 0.3 is 11.9 Å². The number of nitrogens with one attached hydrogen (secondary N) is 1.